The smallest absolute Gasteiger partial charge is 0.288 e. The standard InChI is InChI=1S/C30H31F4NO6S.C28H27F5O5S.3CH4/c1-27-8-7-15(36)10-19(27)21(33)11-18-17-12-23-30(25(38)42-26(39)35(3)4,28(17,2)13-22(37)29(18,27)34)41-24(40-23)16-6-5-14(31)9-20(16)32;1-25-6-5-14(34)8-18(25)20(32)9-17-16-10-22-28(24(36)39-12-29,26(16,2)11-21(35)27(17,25)33)38-23(37-22)15-4-3-13(30)7-19(15)31;;;/h5-10,17-18,21-24,37H,11-13H2,1-4H3;3-8,16-17,20-23,35H,9-12H2,1-2H3;3*1H4/t17-,18-,21-,22-,23+,24?,27-,28-,29-,30-;16-,17-,20-,21-,22+,23?,25-,26-,27-,28-;;;/m00.../s1. The highest BCUT2D eigenvalue weighted by atomic mass is 32.2. The van der Waals surface area contributed by atoms with Crippen molar-refractivity contribution >= 4 is 50.6 Å². The Morgan fingerprint density at radius 3 is 1.39 bits per heavy atom. The Morgan fingerprint density at radius 2 is 1.02 bits per heavy atom. The number of hydrogen-bond acceptors (Lipinski definition) is 13. The van der Waals surface area contributed by atoms with Crippen LogP contribution in [-0.4, -0.2) is 122 Å². The van der Waals surface area contributed by atoms with Crippen LogP contribution in [0, 0.1) is 68.6 Å². The van der Waals surface area contributed by atoms with Crippen LogP contribution in [0.15, 0.2) is 84.0 Å². The number of nitrogens with zero attached hydrogens (tertiary/aromatic N) is 1. The molecule has 2 saturated heterocycles. The van der Waals surface area contributed by atoms with E-state index in [0.29, 0.717) is 35.7 Å². The van der Waals surface area contributed by atoms with E-state index < -0.39 is 174 Å². The number of allylic oxidation sites excluding steroid dienone is 8. The summed E-state index contributed by atoms with van der Waals surface area (Å²) in [5, 5.41) is 21.0. The molecular formula is C61H70F9NO11S2. The molecule has 84 heavy (non-hydrogen) atoms. The molecule has 2 heterocycles. The van der Waals surface area contributed by atoms with Crippen molar-refractivity contribution in [3.05, 3.63) is 118 Å². The van der Waals surface area contributed by atoms with Crippen molar-refractivity contribution < 1.29 is 92.6 Å². The van der Waals surface area contributed by atoms with Gasteiger partial charge in [-0.15, -0.1) is 0 Å². The summed E-state index contributed by atoms with van der Waals surface area (Å²) in [6, 6.07) is 4.48. The molecule has 0 bridgehead atoms. The number of carbonyl (C=O) groups is 5. The van der Waals surface area contributed by atoms with E-state index in [1.807, 2.05) is 0 Å². The van der Waals surface area contributed by atoms with Crippen molar-refractivity contribution in [3.8, 4) is 0 Å². The zero-order valence-electron chi connectivity index (χ0n) is 44.5. The molecule has 23 heteroatoms. The summed E-state index contributed by atoms with van der Waals surface area (Å²) in [4.78, 5) is 65.7. The monoisotopic (exact) mass is 1230 g/mol. The van der Waals surface area contributed by atoms with Crippen molar-refractivity contribution in [2.45, 2.75) is 160 Å². The Kier molecular flexibility index (Phi) is 17.0. The van der Waals surface area contributed by atoms with Crippen molar-refractivity contribution in [1.29, 1.82) is 0 Å². The molecule has 1 amide bonds. The molecular weight excluding hydrogens is 1160 g/mol. The van der Waals surface area contributed by atoms with Gasteiger partial charge in [-0.05, 0) is 124 Å². The second kappa shape index (κ2) is 21.9. The molecule has 2 aliphatic heterocycles. The molecule has 8 fully saturated rings. The first kappa shape index (κ1) is 65.4. The zero-order chi connectivity index (χ0) is 58.7. The fourth-order valence-corrected chi connectivity index (χ4v) is 18.3. The van der Waals surface area contributed by atoms with E-state index in [2.05, 4.69) is 0 Å². The lowest BCUT2D eigenvalue weighted by Crippen LogP contribution is -2.70. The molecule has 6 saturated carbocycles. The Balaban J connectivity index is 0.000000212. The van der Waals surface area contributed by atoms with Gasteiger partial charge in [0.25, 0.3) is 5.24 Å². The number of fused-ring (bicyclic) bond motifs is 14. The molecule has 20 atom stereocenters. The molecule has 0 radical (unpaired) electrons. The first-order valence-electron chi connectivity index (χ1n) is 26.6. The van der Waals surface area contributed by atoms with E-state index in [9.17, 15) is 56.1 Å². The van der Waals surface area contributed by atoms with Gasteiger partial charge in [0.2, 0.25) is 10.2 Å². The predicted octanol–water partition coefficient (Wildman–Crippen LogP) is 12.1. The molecule has 0 aromatic heterocycles. The van der Waals surface area contributed by atoms with Gasteiger partial charge in [0.05, 0.1) is 24.4 Å². The lowest BCUT2D eigenvalue weighted by Gasteiger charge is -2.63. The van der Waals surface area contributed by atoms with Gasteiger partial charge in [0.15, 0.2) is 46.7 Å². The lowest BCUT2D eigenvalue weighted by atomic mass is 9.44. The number of benzene rings is 2. The number of ether oxygens (including phenoxy) is 4. The van der Waals surface area contributed by atoms with Crippen LogP contribution in [0.2, 0.25) is 0 Å². The zero-order valence-corrected chi connectivity index (χ0v) is 46.2. The number of thioether (sulfide) groups is 2. The highest BCUT2D eigenvalue weighted by molar-refractivity contribution is 8.26. The molecule has 2 N–H and O–H groups in total. The van der Waals surface area contributed by atoms with Crippen LogP contribution < -0.4 is 0 Å². The van der Waals surface area contributed by atoms with E-state index in [-0.39, 0.29) is 83.1 Å². The van der Waals surface area contributed by atoms with Gasteiger partial charge in [0.1, 0.15) is 41.6 Å². The molecule has 0 spiro atoms. The number of carbonyl (C=O) groups excluding carboxylic acids is 5. The minimum absolute atomic E-state index is 0. The fraction of sp³-hybridized carbons (Fsp3) is 0.590. The maximum Gasteiger partial charge on any atom is 0.288 e. The number of hydrogen-bond donors (Lipinski definition) is 2. The van der Waals surface area contributed by atoms with Crippen LogP contribution >= 0.6 is 23.5 Å². The van der Waals surface area contributed by atoms with Gasteiger partial charge in [0, 0.05) is 82.6 Å². The van der Waals surface area contributed by atoms with Crippen molar-refractivity contribution in [1.82, 2.24) is 4.90 Å². The topological polar surface area (TPSA) is 166 Å². The Bertz CT molecular complexity index is 3190. The van der Waals surface area contributed by atoms with Crippen LogP contribution in [0.5, 0.6) is 0 Å². The summed E-state index contributed by atoms with van der Waals surface area (Å²) in [6.07, 6.45) is -6.11. The second-order valence-electron chi connectivity index (χ2n) is 24.2. The van der Waals surface area contributed by atoms with Gasteiger partial charge in [-0.25, -0.2) is 39.5 Å². The number of alkyl halides is 5. The number of ketones is 2. The summed E-state index contributed by atoms with van der Waals surface area (Å²) in [5.41, 5.74) is -15.0. The summed E-state index contributed by atoms with van der Waals surface area (Å²) < 4.78 is 161. The van der Waals surface area contributed by atoms with Crippen LogP contribution in [0.3, 0.4) is 0 Å². The van der Waals surface area contributed by atoms with Gasteiger partial charge >= 0.3 is 0 Å². The van der Waals surface area contributed by atoms with E-state index >= 15 is 17.6 Å². The molecule has 12 rings (SSSR count). The van der Waals surface area contributed by atoms with E-state index in [4.69, 9.17) is 18.9 Å². The number of rotatable bonds is 5. The molecule has 2 unspecified atom stereocenters. The van der Waals surface area contributed by atoms with E-state index in [1.165, 1.54) is 57.1 Å². The third kappa shape index (κ3) is 8.66. The van der Waals surface area contributed by atoms with E-state index in [0.717, 1.165) is 36.4 Å². The highest BCUT2D eigenvalue weighted by Gasteiger charge is 2.82. The SMILES string of the molecule is C.C.C.CN(C)C(=O)SC(=O)[C@@]12OC(c3ccc(F)cc3F)O[C@@H]1C[C@H]1[C@@H]3C[C@H](F)C4=CC(=O)C=C[C@]4(C)[C@@]3(F)[C@@H](O)C[C@@]12C.C[C@]12C=CC(=O)C=C1[C@@H](F)C[C@H]1[C@@H]3C[C@H]4OC(c5ccc(F)cc5F)O[C@@]4(C(=O)SCF)[C@@]3(C)C[C@H](O)[C@@]12F. The number of amides is 1. The van der Waals surface area contributed by atoms with Gasteiger partial charge in [-0.2, -0.15) is 0 Å². The number of aliphatic hydroxyl groups excluding tert-OH is 2. The maximum atomic E-state index is 17.6. The van der Waals surface area contributed by atoms with Crippen LogP contribution in [0.1, 0.15) is 112 Å². The fourth-order valence-electron chi connectivity index (χ4n) is 16.7. The average Bonchev–Trinajstić information content (AvgIpc) is 1.38. The molecule has 10 aliphatic rings. The van der Waals surface area contributed by atoms with Crippen LogP contribution in [-0.2, 0) is 38.1 Å². The average molecular weight is 1230 g/mol. The van der Waals surface area contributed by atoms with Crippen molar-refractivity contribution in [2.75, 3.05) is 20.1 Å². The Labute approximate surface area is 490 Å². The van der Waals surface area contributed by atoms with Gasteiger partial charge in [-0.1, -0.05) is 60.0 Å². The molecule has 2 aromatic rings. The largest absolute Gasteiger partial charge is 0.390 e. The Hall–Kier alpha value is -4.62. The van der Waals surface area contributed by atoms with Crippen LogP contribution in [0.4, 0.5) is 44.3 Å². The molecule has 8 aliphatic carbocycles. The quantitative estimate of drug-likeness (QED) is 0.272. The second-order valence-corrected chi connectivity index (χ2v) is 26.0. The molecule has 460 valence electrons. The molecule has 2 aromatic carbocycles. The van der Waals surface area contributed by atoms with E-state index in [1.54, 1.807) is 13.8 Å². The van der Waals surface area contributed by atoms with Gasteiger partial charge in [-0.3, -0.25) is 24.0 Å². The van der Waals surface area contributed by atoms with Crippen molar-refractivity contribution in [2.24, 2.45) is 45.3 Å². The third-order valence-corrected chi connectivity index (χ3v) is 22.2. The van der Waals surface area contributed by atoms with Crippen molar-refractivity contribution in [3.63, 3.8) is 0 Å². The highest BCUT2D eigenvalue weighted by Crippen LogP contribution is 2.75. The first-order valence-corrected chi connectivity index (χ1v) is 28.4. The van der Waals surface area contributed by atoms with Gasteiger partial charge < -0.3 is 34.1 Å². The summed E-state index contributed by atoms with van der Waals surface area (Å²) in [7, 11) is 2.91. The summed E-state index contributed by atoms with van der Waals surface area (Å²) >= 11 is 0.691. The first-order chi connectivity index (χ1) is 37.9. The Morgan fingerprint density at radius 1 is 0.631 bits per heavy atom. The number of halogens is 9. The normalized spacial score (nSPS) is 43.3. The van der Waals surface area contributed by atoms with Crippen LogP contribution in [0.25, 0.3) is 0 Å². The minimum atomic E-state index is -2.40. The maximum absolute atomic E-state index is 17.6. The lowest BCUT2D eigenvalue weighted by molar-refractivity contribution is -0.232. The third-order valence-electron chi connectivity index (χ3n) is 20.5. The predicted molar refractivity (Wildman–Crippen MR) is 294 cm³/mol. The minimum Gasteiger partial charge on any atom is -0.390 e. The molecule has 12 nitrogen and oxygen atoms in total. The summed E-state index contributed by atoms with van der Waals surface area (Å²) in [6.45, 7) is 6.18. The summed E-state index contributed by atoms with van der Waals surface area (Å²) in [5.74, 6) is -8.27. The number of aliphatic hydroxyl groups is 2.